The van der Waals surface area contributed by atoms with Crippen LogP contribution < -0.4 is 42.7 Å². The second-order valence-electron chi connectivity index (χ2n) is 7.91. The number of carbonyl (C=O) groups is 1. The Kier molecular flexibility index (Phi) is 7.67. The zero-order valence-corrected chi connectivity index (χ0v) is 19.2. The number of nitrogens with zero attached hydrogens (tertiary/aromatic N) is 1. The Labute approximate surface area is 201 Å². The monoisotopic (exact) mass is 437 g/mol. The third-order valence-corrected chi connectivity index (χ3v) is 6.49. The fraction of sp³-hybridized carbons (Fsp3) is 0.381. The summed E-state index contributed by atoms with van der Waals surface area (Å²) in [5, 5.41) is 6.49. The minimum absolute atomic E-state index is 0.0100. The number of halogens is 1. The smallest absolute Gasteiger partial charge is 0.255 e. The van der Waals surface area contributed by atoms with Gasteiger partial charge in [0.2, 0.25) is 0 Å². The van der Waals surface area contributed by atoms with Gasteiger partial charge in [-0.05, 0) is 25.0 Å². The summed E-state index contributed by atoms with van der Waals surface area (Å²) in [5.41, 5.74) is 3.02. The lowest BCUT2D eigenvalue weighted by atomic mass is 9.60. The van der Waals surface area contributed by atoms with E-state index in [1.165, 1.54) is 7.11 Å². The van der Waals surface area contributed by atoms with Crippen molar-refractivity contribution >= 4 is 89.7 Å². The molecule has 2 aromatic rings. The number of hydrogen-bond acceptors (Lipinski definition) is 4. The number of benzene rings is 2. The minimum Gasteiger partial charge on any atom is -0.496 e. The van der Waals surface area contributed by atoms with E-state index in [0.717, 1.165) is 13.0 Å². The zero-order chi connectivity index (χ0) is 23.7. The topological polar surface area (TPSA) is 53.6 Å². The molecule has 2 aromatic carbocycles. The van der Waals surface area contributed by atoms with Gasteiger partial charge in [0.25, 0.3) is 5.91 Å². The Balaban J connectivity index is 1.77. The number of rotatable bonds is 6. The fourth-order valence-corrected chi connectivity index (χ4v) is 4.29. The van der Waals surface area contributed by atoms with Gasteiger partial charge < -0.3 is 15.4 Å². The quantitative estimate of drug-likeness (QED) is 0.503. The van der Waals surface area contributed by atoms with Crippen LogP contribution in [0.1, 0.15) is 29.3 Å². The van der Waals surface area contributed by atoms with Crippen molar-refractivity contribution in [1.29, 1.82) is 0 Å². The summed E-state index contributed by atoms with van der Waals surface area (Å²) in [4.78, 5) is 15.2. The van der Waals surface area contributed by atoms with E-state index in [4.69, 9.17) is 55.6 Å². The number of anilines is 1. The minimum atomic E-state index is -0.259. The van der Waals surface area contributed by atoms with Crippen molar-refractivity contribution in [1.82, 2.24) is 10.2 Å². The van der Waals surface area contributed by atoms with Crippen LogP contribution in [0.5, 0.6) is 5.75 Å². The SMILES string of the molecule is [B]c1c([B])c([B])c(CN2CC[C@@H](NC(=O)c3cc(Cl)c(NC)cc3OC)[C@H]2C)c([B])c1[B]. The molecule has 10 radical (unpaired) electrons. The van der Waals surface area contributed by atoms with Crippen LogP contribution >= 0.6 is 11.6 Å². The third kappa shape index (κ3) is 4.58. The van der Waals surface area contributed by atoms with E-state index in [0.29, 0.717) is 45.1 Å². The van der Waals surface area contributed by atoms with E-state index < -0.39 is 0 Å². The first-order valence-corrected chi connectivity index (χ1v) is 10.6. The summed E-state index contributed by atoms with van der Waals surface area (Å²) in [5.74, 6) is 0.178. The molecule has 0 bridgehead atoms. The Bertz CT molecular complexity index is 1020. The summed E-state index contributed by atoms with van der Waals surface area (Å²) in [6, 6.07) is 3.21. The van der Waals surface area contributed by atoms with Gasteiger partial charge in [0.1, 0.15) is 45.0 Å². The molecule has 0 spiro atoms. The summed E-state index contributed by atoms with van der Waals surface area (Å²) in [6.07, 6.45) is 0.747. The Morgan fingerprint density at radius 1 is 1.12 bits per heavy atom. The molecule has 2 atom stereocenters. The molecule has 0 aromatic heterocycles. The molecule has 1 aliphatic rings. The van der Waals surface area contributed by atoms with E-state index in [2.05, 4.69) is 15.5 Å². The molecule has 1 amide bonds. The second kappa shape index (κ2) is 9.92. The summed E-state index contributed by atoms with van der Waals surface area (Å²) >= 11 is 6.27. The normalized spacial score (nSPS) is 18.5. The van der Waals surface area contributed by atoms with Crippen LogP contribution in [0.15, 0.2) is 12.1 Å². The van der Waals surface area contributed by atoms with E-state index in [-0.39, 0.29) is 34.4 Å². The molecule has 1 aliphatic heterocycles. The molecule has 0 unspecified atom stereocenters. The molecule has 11 heteroatoms. The number of hydrogen-bond donors (Lipinski definition) is 2. The molecule has 1 heterocycles. The van der Waals surface area contributed by atoms with Crippen molar-refractivity contribution in [2.75, 3.05) is 26.0 Å². The molecule has 1 fully saturated rings. The first-order valence-electron chi connectivity index (χ1n) is 10.2. The first kappa shape index (κ1) is 24.7. The van der Waals surface area contributed by atoms with Crippen LogP contribution in [0.25, 0.3) is 0 Å². The van der Waals surface area contributed by atoms with Crippen LogP contribution in [0.4, 0.5) is 5.69 Å². The van der Waals surface area contributed by atoms with Gasteiger partial charge in [-0.1, -0.05) is 11.6 Å². The van der Waals surface area contributed by atoms with Crippen molar-refractivity contribution in [2.45, 2.75) is 32.0 Å². The fourth-order valence-electron chi connectivity index (χ4n) is 4.04. The second-order valence-corrected chi connectivity index (χ2v) is 8.32. The highest BCUT2D eigenvalue weighted by Gasteiger charge is 2.33. The molecule has 0 saturated carbocycles. The van der Waals surface area contributed by atoms with E-state index >= 15 is 0 Å². The van der Waals surface area contributed by atoms with Gasteiger partial charge >= 0.3 is 0 Å². The average molecular weight is 437 g/mol. The highest BCUT2D eigenvalue weighted by molar-refractivity contribution is 6.67. The van der Waals surface area contributed by atoms with E-state index in [9.17, 15) is 4.79 Å². The van der Waals surface area contributed by atoms with Gasteiger partial charge in [0, 0.05) is 38.3 Å². The average Bonchev–Trinajstić information content (AvgIpc) is 3.12. The van der Waals surface area contributed by atoms with Crippen molar-refractivity contribution < 1.29 is 9.53 Å². The first-order chi connectivity index (χ1) is 15.1. The molecule has 5 nitrogen and oxygen atoms in total. The summed E-state index contributed by atoms with van der Waals surface area (Å²) in [6.45, 7) is 3.19. The largest absolute Gasteiger partial charge is 0.496 e. The van der Waals surface area contributed by atoms with Crippen LogP contribution in [-0.4, -0.2) is 82.8 Å². The lowest BCUT2D eigenvalue weighted by molar-refractivity contribution is 0.0924. The van der Waals surface area contributed by atoms with Crippen LogP contribution in [0.2, 0.25) is 5.02 Å². The third-order valence-electron chi connectivity index (χ3n) is 6.18. The molecule has 3 rings (SSSR count). The Morgan fingerprint density at radius 3 is 2.28 bits per heavy atom. The van der Waals surface area contributed by atoms with Gasteiger partial charge in [0.15, 0.2) is 0 Å². The van der Waals surface area contributed by atoms with Gasteiger partial charge in [-0.15, -0.1) is 27.3 Å². The number of likely N-dealkylation sites (tertiary alicyclic amines) is 1. The predicted octanol–water partition coefficient (Wildman–Crippen LogP) is -2.25. The maximum atomic E-state index is 13.0. The van der Waals surface area contributed by atoms with Crippen LogP contribution in [0.3, 0.4) is 0 Å². The Morgan fingerprint density at radius 2 is 1.72 bits per heavy atom. The van der Waals surface area contributed by atoms with Gasteiger partial charge in [-0.25, -0.2) is 0 Å². The van der Waals surface area contributed by atoms with Crippen molar-refractivity contribution in [3.05, 3.63) is 28.3 Å². The molecule has 0 aliphatic carbocycles. The highest BCUT2D eigenvalue weighted by Crippen LogP contribution is 2.31. The van der Waals surface area contributed by atoms with Crippen molar-refractivity contribution in [2.24, 2.45) is 0 Å². The predicted molar refractivity (Wildman–Crippen MR) is 137 cm³/mol. The number of ether oxygens (including phenoxy) is 1. The zero-order valence-electron chi connectivity index (χ0n) is 18.5. The molecular weight excluding hydrogens is 416 g/mol. The lowest BCUT2D eigenvalue weighted by Gasteiger charge is -2.29. The van der Waals surface area contributed by atoms with Gasteiger partial charge in [0.05, 0.1) is 23.4 Å². The maximum absolute atomic E-state index is 13.0. The molecular formula is C21H21B5ClN3O2. The number of nitrogens with one attached hydrogen (secondary N) is 2. The van der Waals surface area contributed by atoms with E-state index in [1.807, 2.05) is 6.92 Å². The summed E-state index contributed by atoms with van der Waals surface area (Å²) < 4.78 is 5.38. The van der Waals surface area contributed by atoms with Crippen LogP contribution in [0, 0.1) is 0 Å². The number of amides is 1. The molecule has 2 N–H and O–H groups in total. The van der Waals surface area contributed by atoms with Crippen molar-refractivity contribution in [3.63, 3.8) is 0 Å². The maximum Gasteiger partial charge on any atom is 0.255 e. The number of carbonyl (C=O) groups excluding carboxylic acids is 1. The standard InChI is InChI=1S/C21H21B5ClN3O2/c1-9-13(29-21(31)10-6-12(27)14(28-2)7-15(10)32-3)4-5-30(9)8-11-16(22)18(24)20(26)19(25)17(11)23/h6-7,9,13,28H,4-5,8H2,1-3H3,(H,29,31)/t9-,13-/m1/s1. The molecule has 32 heavy (non-hydrogen) atoms. The number of methoxy groups -OCH3 is 1. The van der Waals surface area contributed by atoms with Gasteiger partial charge in [-0.2, -0.15) is 0 Å². The Hall–Kier alpha value is -1.92. The van der Waals surface area contributed by atoms with Gasteiger partial charge in [-0.3, -0.25) is 9.69 Å². The molecule has 154 valence electrons. The van der Waals surface area contributed by atoms with E-state index in [1.54, 1.807) is 19.2 Å². The highest BCUT2D eigenvalue weighted by atomic mass is 35.5. The summed E-state index contributed by atoms with van der Waals surface area (Å²) in [7, 11) is 33.5. The van der Waals surface area contributed by atoms with Crippen molar-refractivity contribution in [3.8, 4) is 5.75 Å². The molecule has 1 saturated heterocycles. The van der Waals surface area contributed by atoms with Crippen LogP contribution in [-0.2, 0) is 6.54 Å². The lowest BCUT2D eigenvalue weighted by Crippen LogP contribution is -2.57.